The van der Waals surface area contributed by atoms with E-state index in [0.29, 0.717) is 14.3 Å². The van der Waals surface area contributed by atoms with Crippen molar-refractivity contribution < 1.29 is 18.9 Å². The van der Waals surface area contributed by atoms with Gasteiger partial charge in [-0.05, 0) is 36.8 Å². The monoisotopic (exact) mass is 433 g/mol. The lowest BCUT2D eigenvalue weighted by molar-refractivity contribution is 0.0478. The molecule has 5 nitrogen and oxygen atoms in total. The third-order valence-electron chi connectivity index (χ3n) is 5.36. The van der Waals surface area contributed by atoms with Gasteiger partial charge in [0.05, 0.1) is 14.2 Å². The zero-order valence-corrected chi connectivity index (χ0v) is 20.1. The average Bonchev–Trinajstić information content (AvgIpc) is 2.78. The van der Waals surface area contributed by atoms with Crippen LogP contribution in [0.1, 0.15) is 44.2 Å². The van der Waals surface area contributed by atoms with E-state index in [1.165, 1.54) is 10.9 Å². The Bertz CT molecular complexity index is 799. The van der Waals surface area contributed by atoms with Crippen LogP contribution in [0.3, 0.4) is 0 Å². The summed E-state index contributed by atoms with van der Waals surface area (Å²) in [4.78, 5) is 0. The molecule has 30 heavy (non-hydrogen) atoms. The molecule has 2 atom stereocenters. The molecule has 0 saturated carbocycles. The highest BCUT2D eigenvalue weighted by Gasteiger charge is 2.35. The van der Waals surface area contributed by atoms with Gasteiger partial charge in [0.1, 0.15) is 5.75 Å². The van der Waals surface area contributed by atoms with E-state index in [9.17, 15) is 0 Å². The first-order valence-corrected chi connectivity index (χ1v) is 11.5. The van der Waals surface area contributed by atoms with Crippen LogP contribution in [0.25, 0.3) is 0 Å². The smallest absolute Gasteiger partial charge is 0.188 e. The first-order valence-electron chi connectivity index (χ1n) is 10.5. The molecule has 0 spiro atoms. The molecule has 0 aliphatic rings. The predicted molar refractivity (Wildman–Crippen MR) is 126 cm³/mol. The van der Waals surface area contributed by atoms with Gasteiger partial charge in [0.25, 0.3) is 0 Å². The van der Waals surface area contributed by atoms with Gasteiger partial charge in [-0.2, -0.15) is 0 Å². The quantitative estimate of drug-likeness (QED) is 0.363. The van der Waals surface area contributed by atoms with E-state index < -0.39 is 0 Å². The second-order valence-corrected chi connectivity index (χ2v) is 9.00. The van der Waals surface area contributed by atoms with Crippen LogP contribution in [0.4, 0.5) is 0 Å². The number of hydrogen-bond acceptors (Lipinski definition) is 5. The van der Waals surface area contributed by atoms with Crippen molar-refractivity contribution in [2.24, 2.45) is 0 Å². The molecule has 2 unspecified atom stereocenters. The summed E-state index contributed by atoms with van der Waals surface area (Å²) in [6, 6.07) is 12.7. The minimum Gasteiger partial charge on any atom is -0.497 e. The topological polar surface area (TPSA) is 49.0 Å². The number of methoxy groups -OCH3 is 3. The highest BCUT2D eigenvalue weighted by Crippen LogP contribution is 2.54. The fourth-order valence-corrected chi connectivity index (χ4v) is 5.76. The van der Waals surface area contributed by atoms with Crippen LogP contribution in [-0.4, -0.2) is 35.2 Å². The summed E-state index contributed by atoms with van der Waals surface area (Å²) in [5.74, 6) is 2.19. The van der Waals surface area contributed by atoms with Crippen LogP contribution in [0.2, 0.25) is 0 Å². The SMILES string of the molecule is CCCC(CC)(Pc1ccccc1CNC)c1cc(OC)cc(OC)c1OCOC. The summed E-state index contributed by atoms with van der Waals surface area (Å²) < 4.78 is 22.6. The van der Waals surface area contributed by atoms with Crippen molar-refractivity contribution in [2.45, 2.75) is 44.8 Å². The molecule has 0 radical (unpaired) electrons. The Morgan fingerprint density at radius 1 is 1.03 bits per heavy atom. The molecule has 0 heterocycles. The first kappa shape index (κ1) is 24.5. The van der Waals surface area contributed by atoms with Crippen molar-refractivity contribution >= 4 is 13.9 Å². The second-order valence-electron chi connectivity index (χ2n) is 7.26. The second kappa shape index (κ2) is 12.1. The third kappa shape index (κ3) is 5.66. The van der Waals surface area contributed by atoms with Crippen molar-refractivity contribution in [1.82, 2.24) is 5.32 Å². The van der Waals surface area contributed by atoms with E-state index in [-0.39, 0.29) is 11.9 Å². The molecule has 166 valence electrons. The van der Waals surface area contributed by atoms with E-state index in [2.05, 4.69) is 49.5 Å². The molecule has 0 amide bonds. The van der Waals surface area contributed by atoms with Crippen LogP contribution >= 0.6 is 8.58 Å². The maximum atomic E-state index is 6.07. The van der Waals surface area contributed by atoms with Crippen LogP contribution in [0.15, 0.2) is 36.4 Å². The molecule has 2 aromatic carbocycles. The Morgan fingerprint density at radius 3 is 2.40 bits per heavy atom. The molecule has 2 aromatic rings. The molecule has 2 rings (SSSR count). The predicted octanol–water partition coefficient (Wildman–Crippen LogP) is 4.82. The van der Waals surface area contributed by atoms with Gasteiger partial charge in [0.2, 0.25) is 0 Å². The lowest BCUT2D eigenvalue weighted by Gasteiger charge is -2.36. The zero-order valence-electron chi connectivity index (χ0n) is 19.1. The van der Waals surface area contributed by atoms with Gasteiger partial charge in [-0.1, -0.05) is 53.1 Å². The summed E-state index contributed by atoms with van der Waals surface area (Å²) in [6.07, 6.45) is 3.08. The molecule has 1 N–H and O–H groups in total. The van der Waals surface area contributed by atoms with Gasteiger partial charge < -0.3 is 24.3 Å². The minimum absolute atomic E-state index is 0.0938. The molecular weight excluding hydrogens is 397 g/mol. The molecule has 0 bridgehead atoms. The fourth-order valence-electron chi connectivity index (χ4n) is 3.86. The highest BCUT2D eigenvalue weighted by atomic mass is 31.1. The van der Waals surface area contributed by atoms with Crippen LogP contribution < -0.4 is 24.8 Å². The number of benzene rings is 2. The Morgan fingerprint density at radius 2 is 1.80 bits per heavy atom. The summed E-state index contributed by atoms with van der Waals surface area (Å²) in [7, 11) is 7.55. The van der Waals surface area contributed by atoms with Gasteiger partial charge in [0, 0.05) is 30.4 Å². The van der Waals surface area contributed by atoms with E-state index >= 15 is 0 Å². The molecule has 0 aliphatic carbocycles. The lowest BCUT2D eigenvalue weighted by Crippen LogP contribution is -2.26. The average molecular weight is 434 g/mol. The van der Waals surface area contributed by atoms with Crippen molar-refractivity contribution in [1.29, 1.82) is 0 Å². The molecular formula is C24H36NO4P. The van der Waals surface area contributed by atoms with E-state index in [1.54, 1.807) is 21.3 Å². The maximum absolute atomic E-state index is 6.07. The molecule has 6 heteroatoms. The number of hydrogen-bond donors (Lipinski definition) is 1. The molecule has 0 saturated heterocycles. The Labute approximate surface area is 183 Å². The fraction of sp³-hybridized carbons (Fsp3) is 0.500. The van der Waals surface area contributed by atoms with Gasteiger partial charge in [-0.15, -0.1) is 0 Å². The largest absolute Gasteiger partial charge is 0.497 e. The summed E-state index contributed by atoms with van der Waals surface area (Å²) >= 11 is 0. The standard InChI is InChI=1S/C24H36NO4P/c1-7-13-24(8-2,30-22-12-10-9-11-18(22)16-25-3)20-14-19(27-5)15-21(28-6)23(20)29-17-26-4/h9-12,14-15,25,30H,7-8,13,16-17H2,1-6H3. The van der Waals surface area contributed by atoms with E-state index in [0.717, 1.165) is 42.9 Å². The van der Waals surface area contributed by atoms with Crippen LogP contribution in [0, 0.1) is 0 Å². The third-order valence-corrected chi connectivity index (χ3v) is 7.47. The van der Waals surface area contributed by atoms with Gasteiger partial charge in [-0.25, -0.2) is 0 Å². The van der Waals surface area contributed by atoms with E-state index in [4.69, 9.17) is 18.9 Å². The van der Waals surface area contributed by atoms with Crippen LogP contribution in [0.5, 0.6) is 17.2 Å². The molecule has 0 aliphatic heterocycles. The maximum Gasteiger partial charge on any atom is 0.188 e. The van der Waals surface area contributed by atoms with Crippen LogP contribution in [-0.2, 0) is 16.4 Å². The zero-order chi connectivity index (χ0) is 22.0. The minimum atomic E-state index is -0.0938. The van der Waals surface area contributed by atoms with Crippen molar-refractivity contribution in [3.63, 3.8) is 0 Å². The Balaban J connectivity index is 2.68. The normalized spacial score (nSPS) is 13.4. The van der Waals surface area contributed by atoms with E-state index in [1.807, 2.05) is 13.1 Å². The van der Waals surface area contributed by atoms with Gasteiger partial charge >= 0.3 is 0 Å². The van der Waals surface area contributed by atoms with Crippen molar-refractivity contribution in [3.05, 3.63) is 47.5 Å². The molecule has 0 fully saturated rings. The number of rotatable bonds is 13. The summed E-state index contributed by atoms with van der Waals surface area (Å²) in [5, 5.41) is 4.58. The Kier molecular flexibility index (Phi) is 9.90. The highest BCUT2D eigenvalue weighted by molar-refractivity contribution is 7.48. The number of ether oxygens (including phenoxy) is 4. The van der Waals surface area contributed by atoms with Crippen molar-refractivity contribution in [2.75, 3.05) is 35.2 Å². The van der Waals surface area contributed by atoms with Crippen molar-refractivity contribution in [3.8, 4) is 17.2 Å². The number of nitrogens with one attached hydrogen (secondary N) is 1. The van der Waals surface area contributed by atoms with Gasteiger partial charge in [-0.3, -0.25) is 0 Å². The first-order chi connectivity index (χ1) is 14.6. The Hall–Kier alpha value is -1.81. The lowest BCUT2D eigenvalue weighted by atomic mass is 9.89. The summed E-state index contributed by atoms with van der Waals surface area (Å²) in [6.45, 7) is 5.52. The van der Waals surface area contributed by atoms with Gasteiger partial charge in [0.15, 0.2) is 18.3 Å². The summed E-state index contributed by atoms with van der Waals surface area (Å²) in [5.41, 5.74) is 2.46. The molecule has 0 aromatic heterocycles.